The normalized spacial score (nSPS) is 11.7. The van der Waals surface area contributed by atoms with E-state index in [1.807, 2.05) is 0 Å². The Morgan fingerprint density at radius 3 is 2.95 bits per heavy atom. The zero-order valence-electron chi connectivity index (χ0n) is 10.5. The molecule has 2 heterocycles. The number of nitrogens with zero attached hydrogens (tertiary/aromatic N) is 2. The summed E-state index contributed by atoms with van der Waals surface area (Å²) in [6, 6.07) is 1.31. The van der Waals surface area contributed by atoms with Gasteiger partial charge in [0.25, 0.3) is 0 Å². The number of ether oxygens (including phenoxy) is 1. The lowest BCUT2D eigenvalue weighted by Crippen LogP contribution is -2.16. The predicted octanol–water partition coefficient (Wildman–Crippen LogP) is 2.42. The van der Waals surface area contributed by atoms with E-state index >= 15 is 0 Å². The molecule has 2 rings (SSSR count). The van der Waals surface area contributed by atoms with Crippen molar-refractivity contribution in [2.24, 2.45) is 5.73 Å². The number of aryl methyl sites for hydroxylation is 1. The summed E-state index contributed by atoms with van der Waals surface area (Å²) in [6.07, 6.45) is 6.05. The first-order valence-electron chi connectivity index (χ1n) is 5.51. The molecule has 7 heteroatoms. The maximum atomic E-state index is 13.2. The van der Waals surface area contributed by atoms with Crippen molar-refractivity contribution in [1.29, 1.82) is 0 Å². The highest BCUT2D eigenvalue weighted by atomic mass is 32.1. The maximum Gasteiger partial charge on any atom is 0.406 e. The monoisotopic (exact) mass is 291 g/mol. The minimum absolute atomic E-state index is 0.459. The van der Waals surface area contributed by atoms with Gasteiger partial charge in [-0.1, -0.05) is 5.92 Å². The highest BCUT2D eigenvalue weighted by Gasteiger charge is 2.20. The molecule has 20 heavy (non-hydrogen) atoms. The SMILES string of the molecule is C#CC(OC(N)=O)c1sc(-c2cncc(F)c2)nc1C. The zero-order valence-corrected chi connectivity index (χ0v) is 11.3. The fourth-order valence-corrected chi connectivity index (χ4v) is 2.62. The first-order chi connectivity index (χ1) is 9.51. The molecule has 5 nitrogen and oxygen atoms in total. The van der Waals surface area contributed by atoms with Crippen LogP contribution < -0.4 is 5.73 Å². The summed E-state index contributed by atoms with van der Waals surface area (Å²) in [5.74, 6) is 1.86. The number of halogens is 1. The Kier molecular flexibility index (Phi) is 3.96. The molecule has 0 aliphatic carbocycles. The largest absolute Gasteiger partial charge is 0.427 e. The van der Waals surface area contributed by atoms with E-state index in [1.54, 1.807) is 6.92 Å². The van der Waals surface area contributed by atoms with Gasteiger partial charge in [-0.15, -0.1) is 17.8 Å². The lowest BCUT2D eigenvalue weighted by Gasteiger charge is -2.08. The highest BCUT2D eigenvalue weighted by Crippen LogP contribution is 2.33. The van der Waals surface area contributed by atoms with Gasteiger partial charge in [-0.05, 0) is 13.0 Å². The van der Waals surface area contributed by atoms with Gasteiger partial charge in [-0.25, -0.2) is 14.2 Å². The quantitative estimate of drug-likeness (QED) is 0.881. The van der Waals surface area contributed by atoms with E-state index in [-0.39, 0.29) is 0 Å². The standard InChI is InChI=1S/C13H10FN3O2S/c1-3-10(19-13(15)18)11-7(2)17-12(20-11)8-4-9(14)6-16-5-8/h1,4-6,10H,2H3,(H2,15,18). The number of carbonyl (C=O) groups is 1. The molecule has 1 amide bonds. The van der Waals surface area contributed by atoms with Crippen LogP contribution in [0.25, 0.3) is 10.6 Å². The molecule has 2 aromatic heterocycles. The number of terminal acetylenes is 1. The Balaban J connectivity index is 2.39. The molecular weight excluding hydrogens is 281 g/mol. The van der Waals surface area contributed by atoms with Crippen molar-refractivity contribution in [1.82, 2.24) is 9.97 Å². The number of pyridine rings is 1. The Morgan fingerprint density at radius 1 is 1.60 bits per heavy atom. The molecule has 0 aliphatic heterocycles. The average molecular weight is 291 g/mol. The number of nitrogens with two attached hydrogens (primary N) is 1. The number of amides is 1. The van der Waals surface area contributed by atoms with Crippen molar-refractivity contribution in [3.8, 4) is 22.9 Å². The summed E-state index contributed by atoms with van der Waals surface area (Å²) < 4.78 is 18.0. The fourth-order valence-electron chi connectivity index (χ4n) is 1.58. The summed E-state index contributed by atoms with van der Waals surface area (Å²) >= 11 is 1.20. The van der Waals surface area contributed by atoms with Gasteiger partial charge in [0.2, 0.25) is 0 Å². The summed E-state index contributed by atoms with van der Waals surface area (Å²) in [5.41, 5.74) is 6.08. The Bertz CT molecular complexity index is 693. The van der Waals surface area contributed by atoms with E-state index in [0.29, 0.717) is 21.1 Å². The van der Waals surface area contributed by atoms with Crippen molar-refractivity contribution >= 4 is 17.4 Å². The van der Waals surface area contributed by atoms with E-state index in [2.05, 4.69) is 15.9 Å². The van der Waals surface area contributed by atoms with Gasteiger partial charge in [0, 0.05) is 11.8 Å². The van der Waals surface area contributed by atoms with E-state index in [0.717, 1.165) is 6.20 Å². The van der Waals surface area contributed by atoms with Crippen LogP contribution in [-0.2, 0) is 4.74 Å². The van der Waals surface area contributed by atoms with Gasteiger partial charge >= 0.3 is 6.09 Å². The number of primary amides is 1. The molecule has 0 saturated carbocycles. The third-order valence-electron chi connectivity index (χ3n) is 2.41. The topological polar surface area (TPSA) is 78.1 Å². The van der Waals surface area contributed by atoms with Crippen LogP contribution >= 0.6 is 11.3 Å². The summed E-state index contributed by atoms with van der Waals surface area (Å²) in [6.45, 7) is 1.72. The van der Waals surface area contributed by atoms with Crippen LogP contribution in [-0.4, -0.2) is 16.1 Å². The molecule has 0 spiro atoms. The first kappa shape index (κ1) is 14.0. The van der Waals surface area contributed by atoms with Crippen LogP contribution in [0.4, 0.5) is 9.18 Å². The average Bonchev–Trinajstić information content (AvgIpc) is 2.78. The lowest BCUT2D eigenvalue weighted by atomic mass is 10.2. The molecule has 0 aliphatic rings. The van der Waals surface area contributed by atoms with Gasteiger partial charge in [-0.3, -0.25) is 4.98 Å². The number of thiazole rings is 1. The van der Waals surface area contributed by atoms with Crippen LogP contribution in [0, 0.1) is 25.1 Å². The third kappa shape index (κ3) is 2.92. The maximum absolute atomic E-state index is 13.2. The summed E-state index contributed by atoms with van der Waals surface area (Å²) in [5, 5.41) is 0.540. The van der Waals surface area contributed by atoms with Crippen LogP contribution in [0.3, 0.4) is 0 Å². The van der Waals surface area contributed by atoms with E-state index in [4.69, 9.17) is 16.9 Å². The van der Waals surface area contributed by atoms with E-state index in [9.17, 15) is 9.18 Å². The van der Waals surface area contributed by atoms with Crippen molar-refractivity contribution in [3.05, 3.63) is 34.8 Å². The molecular formula is C13H10FN3O2S. The Hall–Kier alpha value is -2.46. The van der Waals surface area contributed by atoms with Crippen LogP contribution in [0.2, 0.25) is 0 Å². The second kappa shape index (κ2) is 5.67. The van der Waals surface area contributed by atoms with Gasteiger partial charge in [-0.2, -0.15) is 0 Å². The number of aromatic nitrogens is 2. The molecule has 102 valence electrons. The Morgan fingerprint density at radius 2 is 2.35 bits per heavy atom. The smallest absolute Gasteiger partial charge is 0.406 e. The molecule has 1 unspecified atom stereocenters. The fraction of sp³-hybridized carbons (Fsp3) is 0.154. The van der Waals surface area contributed by atoms with Crippen molar-refractivity contribution in [2.45, 2.75) is 13.0 Å². The van der Waals surface area contributed by atoms with Crippen LogP contribution in [0.1, 0.15) is 16.7 Å². The minimum Gasteiger partial charge on any atom is -0.427 e. The predicted molar refractivity (Wildman–Crippen MR) is 72.3 cm³/mol. The number of rotatable bonds is 3. The van der Waals surface area contributed by atoms with Crippen LogP contribution in [0.5, 0.6) is 0 Å². The lowest BCUT2D eigenvalue weighted by molar-refractivity contribution is 0.135. The third-order valence-corrected chi connectivity index (χ3v) is 3.66. The molecule has 2 aromatic rings. The van der Waals surface area contributed by atoms with E-state index in [1.165, 1.54) is 23.6 Å². The summed E-state index contributed by atoms with van der Waals surface area (Å²) in [4.78, 5) is 19.4. The van der Waals surface area contributed by atoms with E-state index < -0.39 is 18.0 Å². The summed E-state index contributed by atoms with van der Waals surface area (Å²) in [7, 11) is 0. The highest BCUT2D eigenvalue weighted by molar-refractivity contribution is 7.15. The molecule has 0 fully saturated rings. The first-order valence-corrected chi connectivity index (χ1v) is 6.33. The zero-order chi connectivity index (χ0) is 14.7. The van der Waals surface area contributed by atoms with Crippen molar-refractivity contribution < 1.29 is 13.9 Å². The second-order valence-corrected chi connectivity index (χ2v) is 4.87. The molecule has 0 saturated heterocycles. The second-order valence-electron chi connectivity index (χ2n) is 3.84. The van der Waals surface area contributed by atoms with Crippen molar-refractivity contribution in [2.75, 3.05) is 0 Å². The number of hydrogen-bond donors (Lipinski definition) is 1. The number of hydrogen-bond acceptors (Lipinski definition) is 5. The molecule has 2 N–H and O–H groups in total. The number of carbonyl (C=O) groups excluding carboxylic acids is 1. The van der Waals surface area contributed by atoms with Crippen LogP contribution in [0.15, 0.2) is 18.5 Å². The van der Waals surface area contributed by atoms with Crippen molar-refractivity contribution in [3.63, 3.8) is 0 Å². The molecule has 0 radical (unpaired) electrons. The minimum atomic E-state index is -0.963. The molecule has 0 bridgehead atoms. The molecule has 1 atom stereocenters. The molecule has 0 aromatic carbocycles. The van der Waals surface area contributed by atoms with Gasteiger partial charge in [0.1, 0.15) is 10.8 Å². The van der Waals surface area contributed by atoms with Gasteiger partial charge < -0.3 is 10.5 Å². The van der Waals surface area contributed by atoms with Gasteiger partial charge in [0.05, 0.1) is 16.8 Å². The van der Waals surface area contributed by atoms with Gasteiger partial charge in [0.15, 0.2) is 6.10 Å². The Labute approximate surface area is 118 Å².